The molecule has 0 saturated carbocycles. The molecule has 0 atom stereocenters. The van der Waals surface area contributed by atoms with E-state index in [0.29, 0.717) is 0 Å². The standard InChI is InChI=1S/C5H5.CH2O.BrH.Ni/c1-2-4-5-3-1;1-2;;/h1-3H,4H2;1H2;1H;/q-1;;;+2/p-1. The molecule has 0 aromatic rings. The van der Waals surface area contributed by atoms with Crippen LogP contribution in [0.1, 0.15) is 6.42 Å². The van der Waals surface area contributed by atoms with E-state index in [1.807, 2.05) is 18.9 Å². The minimum Gasteiger partial charge on any atom is -1.00 e. The Morgan fingerprint density at radius 1 is 1.44 bits per heavy atom. The first-order valence-corrected chi connectivity index (χ1v) is 2.01. The zero-order valence-electron chi connectivity index (χ0n) is 4.75. The third-order valence-corrected chi connectivity index (χ3v) is 0.586. The molecule has 1 rings (SSSR count). The van der Waals surface area contributed by atoms with Crippen molar-refractivity contribution in [1.82, 2.24) is 0 Å². The van der Waals surface area contributed by atoms with E-state index < -0.39 is 0 Å². The minimum atomic E-state index is 0. The van der Waals surface area contributed by atoms with Crippen LogP contribution in [0.5, 0.6) is 0 Å². The van der Waals surface area contributed by atoms with Crippen LogP contribution >= 0.6 is 0 Å². The quantitative estimate of drug-likeness (QED) is 0.354. The molecular weight excluding hydrogens is 227 g/mol. The summed E-state index contributed by atoms with van der Waals surface area (Å²) < 4.78 is 0. The van der Waals surface area contributed by atoms with Gasteiger partial charge < -0.3 is 21.8 Å². The molecule has 0 N–H and O–H groups in total. The monoisotopic (exact) mass is 232 g/mol. The van der Waals surface area contributed by atoms with Crippen LogP contribution in [-0.2, 0) is 21.3 Å². The molecule has 0 aromatic heterocycles. The summed E-state index contributed by atoms with van der Waals surface area (Å²) in [6.45, 7) is 2.00. The third-order valence-electron chi connectivity index (χ3n) is 0.586. The van der Waals surface area contributed by atoms with Crippen molar-refractivity contribution >= 4 is 6.79 Å². The number of allylic oxidation sites excluding steroid dienone is 4. The Hall–Kier alpha value is 0.124. The second-order valence-electron chi connectivity index (χ2n) is 1.00. The van der Waals surface area contributed by atoms with Gasteiger partial charge in [-0.1, -0.05) is 0 Å². The molecule has 1 aliphatic rings. The van der Waals surface area contributed by atoms with Crippen LogP contribution in [-0.4, -0.2) is 6.79 Å². The van der Waals surface area contributed by atoms with Crippen LogP contribution in [0.3, 0.4) is 0 Å². The summed E-state index contributed by atoms with van der Waals surface area (Å²) >= 11 is 0. The predicted octanol–water partition coefficient (Wildman–Crippen LogP) is -1.88. The molecular formula is C6H7BrNiO. The van der Waals surface area contributed by atoms with Crippen molar-refractivity contribution in [3.63, 3.8) is 0 Å². The van der Waals surface area contributed by atoms with Crippen LogP contribution in [0.25, 0.3) is 0 Å². The largest absolute Gasteiger partial charge is 2.00 e. The fourth-order valence-corrected chi connectivity index (χ4v) is 0.340. The van der Waals surface area contributed by atoms with Gasteiger partial charge >= 0.3 is 16.5 Å². The Balaban J connectivity index is -0.0000000836. The number of rotatable bonds is 0. The first-order chi connectivity index (χ1) is 3.50. The van der Waals surface area contributed by atoms with E-state index in [1.54, 1.807) is 0 Å². The van der Waals surface area contributed by atoms with Crippen molar-refractivity contribution in [2.75, 3.05) is 0 Å². The van der Waals surface area contributed by atoms with Crippen LogP contribution in [0.4, 0.5) is 0 Å². The Morgan fingerprint density at radius 2 is 2.00 bits per heavy atom. The summed E-state index contributed by atoms with van der Waals surface area (Å²) in [5.41, 5.74) is 0. The van der Waals surface area contributed by atoms with E-state index in [9.17, 15) is 0 Å². The number of carbonyl (C=O) groups is 1. The summed E-state index contributed by atoms with van der Waals surface area (Å²) in [5.74, 6) is 0. The maximum Gasteiger partial charge on any atom is 2.00 e. The summed E-state index contributed by atoms with van der Waals surface area (Å²) in [6, 6.07) is 0. The van der Waals surface area contributed by atoms with Gasteiger partial charge in [-0.25, -0.2) is 12.2 Å². The van der Waals surface area contributed by atoms with Crippen molar-refractivity contribution in [2.24, 2.45) is 0 Å². The average molecular weight is 234 g/mol. The number of carbonyl (C=O) groups excluding carboxylic acids is 1. The molecule has 3 heteroatoms. The van der Waals surface area contributed by atoms with Gasteiger partial charge in [0, 0.05) is 0 Å². The van der Waals surface area contributed by atoms with Crippen LogP contribution in [0.2, 0.25) is 0 Å². The van der Waals surface area contributed by atoms with E-state index in [-0.39, 0.29) is 33.5 Å². The first kappa shape index (κ1) is 16.1. The third kappa shape index (κ3) is 11.6. The van der Waals surface area contributed by atoms with Gasteiger partial charge in [0.15, 0.2) is 0 Å². The Kier molecular flexibility index (Phi) is 28.0. The molecule has 54 valence electrons. The molecule has 0 bridgehead atoms. The van der Waals surface area contributed by atoms with Gasteiger partial charge in [-0.2, -0.15) is 6.08 Å². The van der Waals surface area contributed by atoms with Crippen molar-refractivity contribution in [3.05, 3.63) is 24.3 Å². The summed E-state index contributed by atoms with van der Waals surface area (Å²) in [4.78, 5) is 8.00. The molecule has 0 spiro atoms. The normalized spacial score (nSPS) is 10.2. The van der Waals surface area contributed by atoms with E-state index in [1.165, 1.54) is 0 Å². The average Bonchev–Trinajstić information content (AvgIpc) is 2.23. The SMILES string of the molecule is C=O.[Br-].[C-]1=CC=CC1.[Ni+2]. The molecule has 0 aromatic carbocycles. The minimum absolute atomic E-state index is 0. The zero-order chi connectivity index (χ0) is 5.54. The fourth-order valence-electron chi connectivity index (χ4n) is 0.340. The predicted molar refractivity (Wildman–Crippen MR) is 28.7 cm³/mol. The first-order valence-electron chi connectivity index (χ1n) is 2.01. The van der Waals surface area contributed by atoms with E-state index in [4.69, 9.17) is 4.79 Å². The Bertz CT molecular complexity index is 81.1. The summed E-state index contributed by atoms with van der Waals surface area (Å²) in [7, 11) is 0. The van der Waals surface area contributed by atoms with Gasteiger partial charge in [0.05, 0.1) is 0 Å². The molecule has 0 heterocycles. The second kappa shape index (κ2) is 15.7. The van der Waals surface area contributed by atoms with E-state index in [2.05, 4.69) is 12.2 Å². The smallest absolute Gasteiger partial charge is 1.00 e. The van der Waals surface area contributed by atoms with Gasteiger partial charge in [-0.05, 0) is 0 Å². The number of hydrogen-bond donors (Lipinski definition) is 0. The van der Waals surface area contributed by atoms with Crippen LogP contribution in [0, 0.1) is 6.08 Å². The van der Waals surface area contributed by atoms with Gasteiger partial charge in [0.1, 0.15) is 6.79 Å². The maximum atomic E-state index is 8.00. The zero-order valence-corrected chi connectivity index (χ0v) is 7.32. The maximum absolute atomic E-state index is 8.00. The topological polar surface area (TPSA) is 17.1 Å². The van der Waals surface area contributed by atoms with Gasteiger partial charge in [0.2, 0.25) is 0 Å². The van der Waals surface area contributed by atoms with Crippen molar-refractivity contribution in [3.8, 4) is 0 Å². The van der Waals surface area contributed by atoms with Crippen molar-refractivity contribution in [2.45, 2.75) is 6.42 Å². The molecule has 1 aliphatic carbocycles. The van der Waals surface area contributed by atoms with Crippen LogP contribution in [0.15, 0.2) is 18.2 Å². The second-order valence-corrected chi connectivity index (χ2v) is 1.00. The molecule has 0 saturated heterocycles. The van der Waals surface area contributed by atoms with E-state index in [0.717, 1.165) is 6.42 Å². The number of halogens is 1. The summed E-state index contributed by atoms with van der Waals surface area (Å²) in [5, 5.41) is 0. The number of hydrogen-bond acceptors (Lipinski definition) is 1. The Morgan fingerprint density at radius 3 is 2.11 bits per heavy atom. The Labute approximate surface area is 75.9 Å². The van der Waals surface area contributed by atoms with Gasteiger partial charge in [-0.3, -0.25) is 6.08 Å². The van der Waals surface area contributed by atoms with Gasteiger partial charge in [0.25, 0.3) is 0 Å². The van der Waals surface area contributed by atoms with E-state index >= 15 is 0 Å². The molecule has 0 radical (unpaired) electrons. The van der Waals surface area contributed by atoms with Crippen molar-refractivity contribution in [1.29, 1.82) is 0 Å². The van der Waals surface area contributed by atoms with Gasteiger partial charge in [-0.15, -0.1) is 6.42 Å². The fraction of sp³-hybridized carbons (Fsp3) is 0.167. The molecule has 0 amide bonds. The molecule has 0 aliphatic heterocycles. The van der Waals surface area contributed by atoms with Crippen molar-refractivity contribution < 1.29 is 38.3 Å². The van der Waals surface area contributed by atoms with Crippen LogP contribution < -0.4 is 17.0 Å². The molecule has 0 unspecified atom stereocenters. The molecule has 1 nitrogen and oxygen atoms in total. The molecule has 0 fully saturated rings. The summed E-state index contributed by atoms with van der Waals surface area (Å²) in [6.07, 6.45) is 10.0. The molecule has 9 heavy (non-hydrogen) atoms.